The van der Waals surface area contributed by atoms with Gasteiger partial charge in [-0.15, -0.1) is 0 Å². The second kappa shape index (κ2) is 8.59. The number of carbonyl (C=O) groups excluding carboxylic acids is 2. The Morgan fingerprint density at radius 1 is 1.40 bits per heavy atom. The van der Waals surface area contributed by atoms with Crippen LogP contribution in [-0.2, 0) is 20.8 Å². The number of amides is 2. The molecule has 1 aliphatic heterocycles. The van der Waals surface area contributed by atoms with Gasteiger partial charge in [0.05, 0.1) is 12.5 Å². The van der Waals surface area contributed by atoms with E-state index in [0.717, 1.165) is 0 Å². The molecular weight excluding hydrogens is 328 g/mol. The van der Waals surface area contributed by atoms with Crippen LogP contribution >= 0.6 is 0 Å². The molecule has 25 heavy (non-hydrogen) atoms. The molecule has 1 unspecified atom stereocenters. The van der Waals surface area contributed by atoms with Crippen molar-refractivity contribution in [1.82, 2.24) is 19.9 Å². The zero-order valence-electron chi connectivity index (χ0n) is 14.6. The van der Waals surface area contributed by atoms with Gasteiger partial charge in [0.15, 0.2) is 5.82 Å². The Morgan fingerprint density at radius 3 is 2.80 bits per heavy atom. The molecule has 0 aromatic carbocycles. The van der Waals surface area contributed by atoms with Crippen molar-refractivity contribution in [2.45, 2.75) is 39.0 Å². The first-order chi connectivity index (χ1) is 11.9. The molecule has 0 spiro atoms. The molecule has 2 rings (SSSR count). The SMILES string of the molecule is Cc1noc(CCCC(=O)N(C)CC(=O)N2CCCC(C(=O)O)C2)n1. The van der Waals surface area contributed by atoms with E-state index < -0.39 is 11.9 Å². The normalized spacial score (nSPS) is 17.4. The van der Waals surface area contributed by atoms with E-state index >= 15 is 0 Å². The molecule has 0 bridgehead atoms. The quantitative estimate of drug-likeness (QED) is 0.758. The van der Waals surface area contributed by atoms with E-state index in [1.54, 1.807) is 14.0 Å². The summed E-state index contributed by atoms with van der Waals surface area (Å²) in [5.41, 5.74) is 0. The largest absolute Gasteiger partial charge is 0.481 e. The van der Waals surface area contributed by atoms with Gasteiger partial charge in [-0.3, -0.25) is 14.4 Å². The highest BCUT2D eigenvalue weighted by molar-refractivity contribution is 5.85. The Morgan fingerprint density at radius 2 is 2.16 bits per heavy atom. The van der Waals surface area contributed by atoms with Crippen LogP contribution < -0.4 is 0 Å². The molecule has 2 amide bonds. The number of rotatable bonds is 7. The maximum Gasteiger partial charge on any atom is 0.308 e. The first-order valence-electron chi connectivity index (χ1n) is 8.40. The van der Waals surface area contributed by atoms with Crippen LogP contribution in [0, 0.1) is 12.8 Å². The molecule has 9 nitrogen and oxygen atoms in total. The molecule has 1 fully saturated rings. The molecular formula is C16H24N4O5. The van der Waals surface area contributed by atoms with Crippen LogP contribution in [0.1, 0.15) is 37.4 Å². The molecule has 1 aromatic rings. The third-order valence-electron chi connectivity index (χ3n) is 4.27. The number of aromatic nitrogens is 2. The van der Waals surface area contributed by atoms with E-state index in [2.05, 4.69) is 10.1 Å². The first-order valence-corrected chi connectivity index (χ1v) is 8.40. The Balaban J connectivity index is 1.74. The van der Waals surface area contributed by atoms with Crippen molar-refractivity contribution < 1.29 is 24.0 Å². The third-order valence-corrected chi connectivity index (χ3v) is 4.27. The van der Waals surface area contributed by atoms with Gasteiger partial charge in [0.2, 0.25) is 17.7 Å². The third kappa shape index (κ3) is 5.54. The van der Waals surface area contributed by atoms with Gasteiger partial charge in [-0.2, -0.15) is 4.98 Å². The predicted molar refractivity (Wildman–Crippen MR) is 86.5 cm³/mol. The summed E-state index contributed by atoms with van der Waals surface area (Å²) < 4.78 is 4.99. The Labute approximate surface area is 146 Å². The summed E-state index contributed by atoms with van der Waals surface area (Å²) in [5, 5.41) is 12.8. The van der Waals surface area contributed by atoms with E-state index in [0.29, 0.717) is 43.9 Å². The van der Waals surface area contributed by atoms with Gasteiger partial charge in [-0.25, -0.2) is 0 Å². The highest BCUT2D eigenvalue weighted by Gasteiger charge is 2.28. The molecule has 0 aliphatic carbocycles. The van der Waals surface area contributed by atoms with Crippen LogP contribution in [-0.4, -0.2) is 69.5 Å². The number of carboxylic acids is 1. The van der Waals surface area contributed by atoms with Crippen LogP contribution in [0.4, 0.5) is 0 Å². The van der Waals surface area contributed by atoms with Crippen molar-refractivity contribution in [3.63, 3.8) is 0 Å². The van der Waals surface area contributed by atoms with Gasteiger partial charge >= 0.3 is 5.97 Å². The summed E-state index contributed by atoms with van der Waals surface area (Å²) in [4.78, 5) is 42.5. The van der Waals surface area contributed by atoms with E-state index in [4.69, 9.17) is 9.63 Å². The van der Waals surface area contributed by atoms with Gasteiger partial charge in [-0.05, 0) is 26.2 Å². The number of carbonyl (C=O) groups is 3. The van der Waals surface area contributed by atoms with Crippen molar-refractivity contribution in [3.8, 4) is 0 Å². The minimum absolute atomic E-state index is 0.0369. The number of likely N-dealkylation sites (N-methyl/N-ethyl adjacent to an activating group) is 1. The van der Waals surface area contributed by atoms with Crippen LogP contribution in [0.2, 0.25) is 0 Å². The summed E-state index contributed by atoms with van der Waals surface area (Å²) in [5.74, 6) is -0.692. The molecule has 1 aromatic heterocycles. The Bertz CT molecular complexity index is 630. The minimum Gasteiger partial charge on any atom is -0.481 e. The first kappa shape index (κ1) is 18.9. The van der Waals surface area contributed by atoms with Gasteiger partial charge in [0.1, 0.15) is 0 Å². The second-order valence-corrected chi connectivity index (χ2v) is 6.36. The van der Waals surface area contributed by atoms with Gasteiger partial charge in [0.25, 0.3) is 0 Å². The molecule has 1 N–H and O–H groups in total. The van der Waals surface area contributed by atoms with Gasteiger partial charge < -0.3 is 19.4 Å². The van der Waals surface area contributed by atoms with Gasteiger partial charge in [0, 0.05) is 33.0 Å². The lowest BCUT2D eigenvalue weighted by Gasteiger charge is -2.32. The van der Waals surface area contributed by atoms with Crippen molar-refractivity contribution in [3.05, 3.63) is 11.7 Å². The standard InChI is InChI=1S/C16H24N4O5/c1-11-17-13(25-18-11)6-3-7-14(21)19(2)10-15(22)20-8-4-5-12(9-20)16(23)24/h12H,3-10H2,1-2H3,(H,23,24). The van der Waals surface area contributed by atoms with Crippen LogP contribution in [0.5, 0.6) is 0 Å². The predicted octanol–water partition coefficient (Wildman–Crippen LogP) is 0.482. The maximum absolute atomic E-state index is 12.3. The van der Waals surface area contributed by atoms with Crippen molar-refractivity contribution in [1.29, 1.82) is 0 Å². The monoisotopic (exact) mass is 352 g/mol. The zero-order chi connectivity index (χ0) is 18.4. The topological polar surface area (TPSA) is 117 Å². The number of piperidine rings is 1. The average Bonchev–Trinajstić information content (AvgIpc) is 3.00. The lowest BCUT2D eigenvalue weighted by Crippen LogP contribution is -2.46. The Hall–Kier alpha value is -2.45. The fourth-order valence-electron chi connectivity index (χ4n) is 2.82. The Kier molecular flexibility index (Phi) is 6.49. The summed E-state index contributed by atoms with van der Waals surface area (Å²) in [7, 11) is 1.58. The van der Waals surface area contributed by atoms with E-state index in [1.165, 1.54) is 9.80 Å². The number of hydrogen-bond acceptors (Lipinski definition) is 6. The van der Waals surface area contributed by atoms with Crippen molar-refractivity contribution in [2.24, 2.45) is 5.92 Å². The number of aryl methyl sites for hydroxylation is 2. The molecule has 1 atom stereocenters. The highest BCUT2D eigenvalue weighted by atomic mass is 16.5. The molecule has 9 heteroatoms. The molecule has 0 radical (unpaired) electrons. The fraction of sp³-hybridized carbons (Fsp3) is 0.688. The minimum atomic E-state index is -0.877. The molecule has 0 saturated carbocycles. The number of nitrogens with zero attached hydrogens (tertiary/aromatic N) is 4. The molecule has 1 aliphatic rings. The number of carboxylic acid groups (broad SMARTS) is 1. The zero-order valence-corrected chi connectivity index (χ0v) is 14.6. The molecule has 138 valence electrons. The fourth-order valence-corrected chi connectivity index (χ4v) is 2.82. The summed E-state index contributed by atoms with van der Waals surface area (Å²) >= 11 is 0. The smallest absolute Gasteiger partial charge is 0.308 e. The van der Waals surface area contributed by atoms with Crippen LogP contribution in [0.15, 0.2) is 4.52 Å². The maximum atomic E-state index is 12.3. The number of likely N-dealkylation sites (tertiary alicyclic amines) is 1. The molecule has 1 saturated heterocycles. The number of aliphatic carboxylic acids is 1. The summed E-state index contributed by atoms with van der Waals surface area (Å²) in [6.45, 7) is 2.45. The lowest BCUT2D eigenvalue weighted by molar-refractivity contribution is -0.147. The van der Waals surface area contributed by atoms with Crippen molar-refractivity contribution in [2.75, 3.05) is 26.7 Å². The highest BCUT2D eigenvalue weighted by Crippen LogP contribution is 2.17. The summed E-state index contributed by atoms with van der Waals surface area (Å²) in [6, 6.07) is 0. The average molecular weight is 352 g/mol. The van der Waals surface area contributed by atoms with E-state index in [1.807, 2.05) is 0 Å². The lowest BCUT2D eigenvalue weighted by atomic mass is 9.98. The van der Waals surface area contributed by atoms with Crippen LogP contribution in [0.3, 0.4) is 0 Å². The summed E-state index contributed by atoms with van der Waals surface area (Å²) in [6.07, 6.45) is 2.61. The molecule has 2 heterocycles. The van der Waals surface area contributed by atoms with E-state index in [9.17, 15) is 14.4 Å². The number of hydrogen-bond donors (Lipinski definition) is 1. The van der Waals surface area contributed by atoms with Gasteiger partial charge in [-0.1, -0.05) is 5.16 Å². The van der Waals surface area contributed by atoms with Crippen LogP contribution in [0.25, 0.3) is 0 Å². The second-order valence-electron chi connectivity index (χ2n) is 6.36. The van der Waals surface area contributed by atoms with Crippen molar-refractivity contribution >= 4 is 17.8 Å². The van der Waals surface area contributed by atoms with E-state index in [-0.39, 0.29) is 31.3 Å².